The van der Waals surface area contributed by atoms with E-state index in [0.717, 1.165) is 0 Å². The van der Waals surface area contributed by atoms with Crippen LogP contribution in [0.3, 0.4) is 0 Å². The van der Waals surface area contributed by atoms with Crippen LogP contribution in [0.1, 0.15) is 74.8 Å². The summed E-state index contributed by atoms with van der Waals surface area (Å²) in [5, 5.41) is 0. The number of fused-ring (bicyclic) bond motifs is 2. The number of rotatable bonds is 3. The van der Waals surface area contributed by atoms with E-state index in [0.29, 0.717) is 12.1 Å². The van der Waals surface area contributed by atoms with Crippen LogP contribution in [0, 0.1) is 0 Å². The minimum atomic E-state index is -6.16. The lowest BCUT2D eigenvalue weighted by Gasteiger charge is -2.39. The maximum atomic E-state index is 15.7. The van der Waals surface area contributed by atoms with Crippen molar-refractivity contribution in [3.63, 3.8) is 0 Å². The predicted molar refractivity (Wildman–Crippen MR) is 120 cm³/mol. The molecular formula is C27H8F12O6. The highest BCUT2D eigenvalue weighted by molar-refractivity contribution is 6.18. The molecule has 0 aliphatic carbocycles. The van der Waals surface area contributed by atoms with Gasteiger partial charge in [0.05, 0.1) is 38.9 Å². The molecule has 0 unspecified atom stereocenters. The van der Waals surface area contributed by atoms with Crippen molar-refractivity contribution in [2.75, 3.05) is 0 Å². The van der Waals surface area contributed by atoms with Crippen molar-refractivity contribution in [1.29, 1.82) is 0 Å². The zero-order valence-corrected chi connectivity index (χ0v) is 21.1. The highest BCUT2D eigenvalue weighted by atomic mass is 19.4. The molecule has 3 aromatic carbocycles. The van der Waals surface area contributed by atoms with Gasteiger partial charge in [-0.05, 0) is 34.9 Å². The molecule has 0 N–H and O–H groups in total. The van der Waals surface area contributed by atoms with E-state index in [1.54, 1.807) is 0 Å². The zero-order chi connectivity index (χ0) is 33.7. The number of esters is 4. The standard InChI is InChI=1S/C27H8F12O6/c28-24(29,30)10-3-1-2-9(8-10)23(27(37,38)39,11-4-6-13(25(31,32)33)17-15(11)19(40)44-21(17)42)12-5-7-14(26(34,35)36)18-16(12)20(41)45-22(18)43/h1-8H. The Labute approximate surface area is 240 Å². The number of cyclic esters (lactones) is 4. The van der Waals surface area contributed by atoms with Crippen LogP contribution in [0.5, 0.6) is 0 Å². The molecule has 6 nitrogen and oxygen atoms in total. The van der Waals surface area contributed by atoms with Crippen molar-refractivity contribution in [2.24, 2.45) is 0 Å². The Morgan fingerprint density at radius 1 is 0.422 bits per heavy atom. The fourth-order valence-electron chi connectivity index (χ4n) is 5.38. The molecule has 0 fully saturated rings. The van der Waals surface area contributed by atoms with Gasteiger partial charge in [-0.1, -0.05) is 30.3 Å². The van der Waals surface area contributed by atoms with Crippen molar-refractivity contribution in [2.45, 2.75) is 30.1 Å². The summed E-state index contributed by atoms with van der Waals surface area (Å²) in [6.07, 6.45) is -22.6. The fourth-order valence-corrected chi connectivity index (χ4v) is 5.38. The number of alkyl halides is 12. The number of benzene rings is 3. The molecule has 0 amide bonds. The monoisotopic (exact) mass is 656 g/mol. The van der Waals surface area contributed by atoms with Gasteiger partial charge in [0.1, 0.15) is 5.41 Å². The van der Waals surface area contributed by atoms with Crippen molar-refractivity contribution in [1.82, 2.24) is 0 Å². The minimum Gasteiger partial charge on any atom is -0.386 e. The highest BCUT2D eigenvalue weighted by Gasteiger charge is 2.64. The Bertz CT molecular complexity index is 1730. The molecule has 0 spiro atoms. The predicted octanol–water partition coefficient (Wildman–Crippen LogP) is 7.26. The molecule has 0 aromatic heterocycles. The van der Waals surface area contributed by atoms with E-state index in [1.165, 1.54) is 0 Å². The average Bonchev–Trinajstić information content (AvgIpc) is 3.36. The molecule has 0 saturated heterocycles. The molecular weight excluding hydrogens is 648 g/mol. The Kier molecular flexibility index (Phi) is 6.69. The van der Waals surface area contributed by atoms with Crippen LogP contribution < -0.4 is 0 Å². The van der Waals surface area contributed by atoms with E-state index in [9.17, 15) is 58.7 Å². The lowest BCUT2D eigenvalue weighted by molar-refractivity contribution is -0.167. The Balaban J connectivity index is 2.08. The average molecular weight is 656 g/mol. The number of hydrogen-bond donors (Lipinski definition) is 0. The maximum absolute atomic E-state index is 15.7. The van der Waals surface area contributed by atoms with Crippen molar-refractivity contribution >= 4 is 23.9 Å². The Morgan fingerprint density at radius 3 is 1.09 bits per heavy atom. The van der Waals surface area contributed by atoms with E-state index >= 15 is 13.2 Å². The van der Waals surface area contributed by atoms with Gasteiger partial charge in [0.15, 0.2) is 0 Å². The largest absolute Gasteiger partial charge is 0.417 e. The van der Waals surface area contributed by atoms with E-state index in [-0.39, 0.29) is 36.4 Å². The zero-order valence-electron chi connectivity index (χ0n) is 21.1. The Morgan fingerprint density at radius 2 is 0.756 bits per heavy atom. The SMILES string of the molecule is O=C1OC(=O)c2c(C(c3cccc(C(F)(F)F)c3)(c3ccc(C(F)(F)F)c4c3C(=O)OC4=O)C(F)(F)F)ccc(C(F)(F)F)c21. The summed E-state index contributed by atoms with van der Waals surface area (Å²) in [6.45, 7) is 0. The molecule has 2 aliphatic heterocycles. The number of hydrogen-bond acceptors (Lipinski definition) is 6. The lowest BCUT2D eigenvalue weighted by Crippen LogP contribution is -2.47. The fraction of sp³-hybridized carbons (Fsp3) is 0.185. The summed E-state index contributed by atoms with van der Waals surface area (Å²) >= 11 is 0. The van der Waals surface area contributed by atoms with Gasteiger partial charge in [-0.3, -0.25) is 0 Å². The van der Waals surface area contributed by atoms with Crippen LogP contribution in [-0.2, 0) is 33.4 Å². The summed E-state index contributed by atoms with van der Waals surface area (Å²) in [5.41, 5.74) is -22.4. The first kappa shape index (κ1) is 31.5. The number of ether oxygens (including phenoxy) is 2. The van der Waals surface area contributed by atoms with Crippen LogP contribution in [0.2, 0.25) is 0 Å². The number of halogens is 12. The first-order valence-electron chi connectivity index (χ1n) is 11.8. The molecule has 5 rings (SSSR count). The third-order valence-electron chi connectivity index (χ3n) is 7.06. The number of carbonyl (C=O) groups excluding carboxylic acids is 4. The van der Waals surface area contributed by atoms with Gasteiger partial charge in [0, 0.05) is 0 Å². The van der Waals surface area contributed by atoms with E-state index in [1.807, 2.05) is 0 Å². The third kappa shape index (κ3) is 4.61. The van der Waals surface area contributed by atoms with Crippen LogP contribution >= 0.6 is 0 Å². The van der Waals surface area contributed by atoms with Gasteiger partial charge in [0.2, 0.25) is 0 Å². The van der Waals surface area contributed by atoms with Gasteiger partial charge >= 0.3 is 48.6 Å². The molecule has 0 saturated carbocycles. The molecule has 0 bridgehead atoms. The summed E-state index contributed by atoms with van der Waals surface area (Å²) in [5.74, 6) is -8.45. The molecule has 0 atom stereocenters. The van der Waals surface area contributed by atoms with Crippen molar-refractivity contribution in [3.05, 3.63) is 104 Å². The summed E-state index contributed by atoms with van der Waals surface area (Å²) in [7, 11) is 0. The van der Waals surface area contributed by atoms with Gasteiger partial charge in [-0.2, -0.15) is 52.7 Å². The highest BCUT2D eigenvalue weighted by Crippen LogP contribution is 2.57. The normalized spacial score (nSPS) is 15.6. The topological polar surface area (TPSA) is 86.7 Å². The minimum absolute atomic E-state index is 0.0402. The second kappa shape index (κ2) is 9.55. The quantitative estimate of drug-likeness (QED) is 0.128. The summed E-state index contributed by atoms with van der Waals surface area (Å²) < 4.78 is 179. The second-order valence-electron chi connectivity index (χ2n) is 9.50. The molecule has 2 heterocycles. The lowest BCUT2D eigenvalue weighted by atomic mass is 9.64. The van der Waals surface area contributed by atoms with Crippen molar-refractivity contribution < 1.29 is 81.3 Å². The van der Waals surface area contributed by atoms with Crippen LogP contribution in [0.4, 0.5) is 52.7 Å². The molecule has 0 radical (unpaired) electrons. The molecule has 45 heavy (non-hydrogen) atoms. The third-order valence-corrected chi connectivity index (χ3v) is 7.06. The van der Waals surface area contributed by atoms with Crippen LogP contribution in [0.25, 0.3) is 0 Å². The maximum Gasteiger partial charge on any atom is 0.417 e. The van der Waals surface area contributed by atoms with Gasteiger partial charge in [-0.25, -0.2) is 19.2 Å². The summed E-state index contributed by atoms with van der Waals surface area (Å²) in [4.78, 5) is 50.1. The number of carbonyl (C=O) groups is 4. The van der Waals surface area contributed by atoms with E-state index < -0.39 is 110 Å². The summed E-state index contributed by atoms with van der Waals surface area (Å²) in [6, 6.07) is 0.496. The van der Waals surface area contributed by atoms with Crippen LogP contribution in [-0.4, -0.2) is 30.1 Å². The van der Waals surface area contributed by atoms with Gasteiger partial charge in [0.25, 0.3) is 0 Å². The molecule has 2 aliphatic rings. The van der Waals surface area contributed by atoms with Crippen molar-refractivity contribution in [3.8, 4) is 0 Å². The molecule has 18 heteroatoms. The first-order chi connectivity index (χ1) is 20.5. The van der Waals surface area contributed by atoms with E-state index in [4.69, 9.17) is 0 Å². The van der Waals surface area contributed by atoms with Gasteiger partial charge < -0.3 is 9.47 Å². The molecule has 236 valence electrons. The second-order valence-corrected chi connectivity index (χ2v) is 9.50. The Hall–Kier alpha value is -4.90. The molecule has 3 aromatic rings. The smallest absolute Gasteiger partial charge is 0.386 e. The van der Waals surface area contributed by atoms with Gasteiger partial charge in [-0.15, -0.1) is 0 Å². The first-order valence-corrected chi connectivity index (χ1v) is 11.8. The van der Waals surface area contributed by atoms with E-state index in [2.05, 4.69) is 9.47 Å². The van der Waals surface area contributed by atoms with Crippen LogP contribution in [0.15, 0.2) is 48.5 Å².